The number of aryl methyl sites for hydroxylation is 1. The van der Waals surface area contributed by atoms with Gasteiger partial charge in [0, 0.05) is 19.6 Å². The highest BCUT2D eigenvalue weighted by Crippen LogP contribution is 2.41. The van der Waals surface area contributed by atoms with E-state index < -0.39 is 5.60 Å². The van der Waals surface area contributed by atoms with Gasteiger partial charge in [-0.1, -0.05) is 13.0 Å². The van der Waals surface area contributed by atoms with Crippen LogP contribution in [0.5, 0.6) is 5.75 Å². The highest BCUT2D eigenvalue weighted by molar-refractivity contribution is 6.02. The van der Waals surface area contributed by atoms with Gasteiger partial charge in [0.05, 0.1) is 11.6 Å². The smallest absolute Gasteiger partial charge is 0.410 e. The van der Waals surface area contributed by atoms with Crippen LogP contribution in [0.25, 0.3) is 0 Å². The molecule has 1 aromatic rings. The lowest BCUT2D eigenvalue weighted by Gasteiger charge is -2.38. The molecule has 0 aliphatic carbocycles. The van der Waals surface area contributed by atoms with Crippen molar-refractivity contribution in [3.63, 3.8) is 0 Å². The lowest BCUT2D eigenvalue weighted by molar-refractivity contribution is 0.00655. The topological polar surface area (TPSA) is 70.1 Å². The summed E-state index contributed by atoms with van der Waals surface area (Å²) in [7, 11) is 0. The SMILES string of the molecule is CCc1cc(O)c2c(c1)[C@@H]1CN(C(=O)OC(C)(C)C)CCN1C2=O. The summed E-state index contributed by atoms with van der Waals surface area (Å²) in [6.45, 7) is 8.78. The Bertz CT molecular complexity index is 693. The molecule has 2 amide bonds. The first-order valence-electron chi connectivity index (χ1n) is 8.36. The van der Waals surface area contributed by atoms with E-state index in [0.29, 0.717) is 25.2 Å². The van der Waals surface area contributed by atoms with Gasteiger partial charge in [0.2, 0.25) is 0 Å². The molecule has 24 heavy (non-hydrogen) atoms. The molecule has 0 radical (unpaired) electrons. The molecule has 0 unspecified atom stereocenters. The number of phenolic OH excluding ortho intramolecular Hbond substituents is 1. The van der Waals surface area contributed by atoms with E-state index in [4.69, 9.17) is 4.74 Å². The number of phenols is 1. The minimum Gasteiger partial charge on any atom is -0.507 e. The summed E-state index contributed by atoms with van der Waals surface area (Å²) in [5.74, 6) is -0.119. The van der Waals surface area contributed by atoms with E-state index >= 15 is 0 Å². The third-order valence-corrected chi connectivity index (χ3v) is 4.48. The number of carbonyl (C=O) groups is 2. The first-order chi connectivity index (χ1) is 11.2. The fourth-order valence-corrected chi connectivity index (χ4v) is 3.34. The van der Waals surface area contributed by atoms with Crippen LogP contribution in [0.1, 0.15) is 55.2 Å². The second-order valence-electron chi connectivity index (χ2n) is 7.37. The molecule has 0 saturated carbocycles. The van der Waals surface area contributed by atoms with E-state index in [9.17, 15) is 14.7 Å². The summed E-state index contributed by atoms with van der Waals surface area (Å²) in [6.07, 6.45) is 0.413. The van der Waals surface area contributed by atoms with Crippen LogP contribution < -0.4 is 0 Å². The molecule has 1 atom stereocenters. The quantitative estimate of drug-likeness (QED) is 0.858. The Hall–Kier alpha value is -2.24. The van der Waals surface area contributed by atoms with Crippen LogP contribution in [0.4, 0.5) is 4.79 Å². The summed E-state index contributed by atoms with van der Waals surface area (Å²) in [5.41, 5.74) is 1.62. The predicted octanol–water partition coefficient (Wildman–Crippen LogP) is 2.70. The number of benzene rings is 1. The van der Waals surface area contributed by atoms with Crippen molar-refractivity contribution in [1.29, 1.82) is 0 Å². The second kappa shape index (κ2) is 5.69. The molecule has 6 heteroatoms. The molecule has 2 aliphatic heterocycles. The Morgan fingerprint density at radius 2 is 2.04 bits per heavy atom. The Balaban J connectivity index is 1.88. The third kappa shape index (κ3) is 2.81. The highest BCUT2D eigenvalue weighted by Gasteiger charge is 2.43. The number of piperazine rings is 1. The molecule has 1 fully saturated rings. The Labute approximate surface area is 142 Å². The predicted molar refractivity (Wildman–Crippen MR) is 89.1 cm³/mol. The molecule has 1 N–H and O–H groups in total. The minimum atomic E-state index is -0.550. The molecule has 2 aliphatic rings. The Morgan fingerprint density at radius 3 is 2.67 bits per heavy atom. The maximum Gasteiger partial charge on any atom is 0.410 e. The van der Waals surface area contributed by atoms with Crippen molar-refractivity contribution in [2.24, 2.45) is 0 Å². The van der Waals surface area contributed by atoms with Crippen molar-refractivity contribution >= 4 is 12.0 Å². The van der Waals surface area contributed by atoms with Crippen molar-refractivity contribution in [2.45, 2.75) is 45.8 Å². The first kappa shape index (κ1) is 16.6. The normalized spacial score (nSPS) is 20.0. The monoisotopic (exact) mass is 332 g/mol. The van der Waals surface area contributed by atoms with Crippen LogP contribution in [0.2, 0.25) is 0 Å². The van der Waals surface area contributed by atoms with Crippen LogP contribution in [0, 0.1) is 0 Å². The zero-order valence-corrected chi connectivity index (χ0v) is 14.6. The summed E-state index contributed by atoms with van der Waals surface area (Å²) in [6, 6.07) is 3.41. The summed E-state index contributed by atoms with van der Waals surface area (Å²) in [5, 5.41) is 10.2. The van der Waals surface area contributed by atoms with Gasteiger partial charge in [0.1, 0.15) is 11.4 Å². The van der Waals surface area contributed by atoms with Gasteiger partial charge in [-0.3, -0.25) is 4.79 Å². The van der Waals surface area contributed by atoms with E-state index in [1.807, 2.05) is 33.8 Å². The maximum absolute atomic E-state index is 12.6. The van der Waals surface area contributed by atoms with E-state index in [0.717, 1.165) is 17.5 Å². The van der Waals surface area contributed by atoms with E-state index in [1.165, 1.54) is 0 Å². The second-order valence-corrected chi connectivity index (χ2v) is 7.37. The average molecular weight is 332 g/mol. The lowest BCUT2D eigenvalue weighted by Crippen LogP contribution is -2.50. The summed E-state index contributed by atoms with van der Waals surface area (Å²) >= 11 is 0. The molecule has 1 saturated heterocycles. The number of amides is 2. The van der Waals surface area contributed by atoms with Crippen molar-refractivity contribution in [3.8, 4) is 5.75 Å². The first-order valence-corrected chi connectivity index (χ1v) is 8.36. The maximum atomic E-state index is 12.6. The van der Waals surface area contributed by atoms with E-state index in [2.05, 4.69) is 0 Å². The number of hydrogen-bond donors (Lipinski definition) is 1. The summed E-state index contributed by atoms with van der Waals surface area (Å²) < 4.78 is 5.44. The third-order valence-electron chi connectivity index (χ3n) is 4.48. The summed E-state index contributed by atoms with van der Waals surface area (Å²) in [4.78, 5) is 28.3. The number of carbonyl (C=O) groups excluding carboxylic acids is 2. The molecule has 0 bridgehead atoms. The molecule has 0 spiro atoms. The molecule has 1 aromatic carbocycles. The van der Waals surface area contributed by atoms with Gasteiger partial charge in [-0.05, 0) is 44.4 Å². The number of nitrogens with zero attached hydrogens (tertiary/aromatic N) is 2. The van der Waals surface area contributed by atoms with Gasteiger partial charge in [-0.25, -0.2) is 4.79 Å². The van der Waals surface area contributed by atoms with Gasteiger partial charge in [-0.15, -0.1) is 0 Å². The van der Waals surface area contributed by atoms with E-state index in [-0.39, 0.29) is 23.8 Å². The molecule has 3 rings (SSSR count). The van der Waals surface area contributed by atoms with Crippen molar-refractivity contribution in [2.75, 3.05) is 19.6 Å². The Morgan fingerprint density at radius 1 is 1.33 bits per heavy atom. The molecule has 130 valence electrons. The number of rotatable bonds is 1. The minimum absolute atomic E-state index is 0.0348. The molecule has 0 aromatic heterocycles. The van der Waals surface area contributed by atoms with Crippen LogP contribution in [-0.2, 0) is 11.2 Å². The number of ether oxygens (including phenoxy) is 1. The molecule has 6 nitrogen and oxygen atoms in total. The molecular weight excluding hydrogens is 308 g/mol. The van der Waals surface area contributed by atoms with Crippen molar-refractivity contribution in [1.82, 2.24) is 9.80 Å². The standard InChI is InChI=1S/C18H24N2O4/c1-5-11-8-12-13-10-19(17(23)24-18(2,3)4)6-7-20(13)16(22)15(12)14(21)9-11/h8-9,13,21H,5-7,10H2,1-4H3/t13-/m0/s1. The van der Waals surface area contributed by atoms with Crippen LogP contribution >= 0.6 is 0 Å². The number of aromatic hydroxyl groups is 1. The largest absolute Gasteiger partial charge is 0.507 e. The molecular formula is C18H24N2O4. The van der Waals surface area contributed by atoms with Gasteiger partial charge in [-0.2, -0.15) is 0 Å². The molecule has 2 heterocycles. The van der Waals surface area contributed by atoms with Crippen LogP contribution in [0.15, 0.2) is 12.1 Å². The zero-order valence-electron chi connectivity index (χ0n) is 14.6. The van der Waals surface area contributed by atoms with E-state index in [1.54, 1.807) is 15.9 Å². The Kier molecular flexibility index (Phi) is 3.94. The van der Waals surface area contributed by atoms with Crippen molar-refractivity contribution in [3.05, 3.63) is 28.8 Å². The van der Waals surface area contributed by atoms with Crippen LogP contribution in [0.3, 0.4) is 0 Å². The highest BCUT2D eigenvalue weighted by atomic mass is 16.6. The van der Waals surface area contributed by atoms with Gasteiger partial charge >= 0.3 is 6.09 Å². The van der Waals surface area contributed by atoms with Gasteiger partial charge in [0.15, 0.2) is 0 Å². The fourth-order valence-electron chi connectivity index (χ4n) is 3.34. The number of hydrogen-bond acceptors (Lipinski definition) is 4. The fraction of sp³-hybridized carbons (Fsp3) is 0.556. The lowest BCUT2D eigenvalue weighted by atomic mass is 9.98. The van der Waals surface area contributed by atoms with Gasteiger partial charge < -0.3 is 19.6 Å². The zero-order chi connectivity index (χ0) is 17.6. The average Bonchev–Trinajstić information content (AvgIpc) is 2.78. The van der Waals surface area contributed by atoms with Gasteiger partial charge in [0.25, 0.3) is 5.91 Å². The number of fused-ring (bicyclic) bond motifs is 3. The van der Waals surface area contributed by atoms with Crippen LogP contribution in [-0.4, -0.2) is 52.1 Å². The van der Waals surface area contributed by atoms with Crippen molar-refractivity contribution < 1.29 is 19.4 Å².